The van der Waals surface area contributed by atoms with Gasteiger partial charge in [-0.3, -0.25) is 0 Å². The van der Waals surface area contributed by atoms with Gasteiger partial charge in [0.05, 0.1) is 0 Å². The Kier molecular flexibility index (Phi) is 6.80. The predicted molar refractivity (Wildman–Crippen MR) is 76.9 cm³/mol. The zero-order chi connectivity index (χ0) is 17.5. The molecule has 1 atom stereocenters. The standard InChI is InChI=1S/C11H13F2NO.C4H4O4/c1-15-11(5-6-14-7-11)8-3-2-4-9(12)10(8)13;5-3(6)1-2-4(7)8/h2-4,14H,5-7H2,1H3;1-2H,(H,5,6)(H,7,8). The Morgan fingerprint density at radius 3 is 2.30 bits per heavy atom. The number of benzene rings is 1. The smallest absolute Gasteiger partial charge is 0.328 e. The number of methoxy groups -OCH3 is 1. The second-order valence-electron chi connectivity index (χ2n) is 4.74. The molecule has 3 N–H and O–H groups in total. The molecule has 1 aromatic carbocycles. The Labute approximate surface area is 131 Å². The van der Waals surface area contributed by atoms with Crippen molar-refractivity contribution in [2.75, 3.05) is 20.2 Å². The molecule has 0 aromatic heterocycles. The third-order valence-electron chi connectivity index (χ3n) is 3.32. The lowest BCUT2D eigenvalue weighted by Gasteiger charge is -2.27. The van der Waals surface area contributed by atoms with E-state index < -0.39 is 29.2 Å². The number of carboxylic acid groups (broad SMARTS) is 2. The van der Waals surface area contributed by atoms with Crippen LogP contribution in [0.2, 0.25) is 0 Å². The minimum Gasteiger partial charge on any atom is -0.478 e. The summed E-state index contributed by atoms with van der Waals surface area (Å²) in [6.45, 7) is 1.27. The number of rotatable bonds is 4. The number of carboxylic acids is 2. The number of ether oxygens (including phenoxy) is 1. The van der Waals surface area contributed by atoms with Crippen LogP contribution in [0, 0.1) is 11.6 Å². The SMILES string of the molecule is COC1(c2cccc(F)c2F)CCNC1.O=C(O)C=CC(=O)O. The topological polar surface area (TPSA) is 95.9 Å². The minimum atomic E-state index is -1.26. The van der Waals surface area contributed by atoms with Crippen molar-refractivity contribution in [3.63, 3.8) is 0 Å². The van der Waals surface area contributed by atoms with Crippen LogP contribution in [-0.2, 0) is 19.9 Å². The van der Waals surface area contributed by atoms with Gasteiger partial charge >= 0.3 is 11.9 Å². The molecular weight excluding hydrogens is 312 g/mol. The lowest BCUT2D eigenvalue weighted by Crippen LogP contribution is -2.32. The molecule has 0 spiro atoms. The van der Waals surface area contributed by atoms with Crippen LogP contribution in [-0.4, -0.2) is 42.4 Å². The van der Waals surface area contributed by atoms with Crippen LogP contribution in [0.15, 0.2) is 30.4 Å². The number of aliphatic carboxylic acids is 2. The van der Waals surface area contributed by atoms with Crippen LogP contribution in [0.1, 0.15) is 12.0 Å². The van der Waals surface area contributed by atoms with Crippen molar-refractivity contribution in [2.24, 2.45) is 0 Å². The van der Waals surface area contributed by atoms with Crippen molar-refractivity contribution in [1.29, 1.82) is 0 Å². The Hall–Kier alpha value is -2.32. The summed E-state index contributed by atoms with van der Waals surface area (Å²) in [4.78, 5) is 19.1. The Balaban J connectivity index is 0.000000284. The average molecular weight is 329 g/mol. The highest BCUT2D eigenvalue weighted by molar-refractivity contribution is 5.89. The highest BCUT2D eigenvalue weighted by atomic mass is 19.2. The van der Waals surface area contributed by atoms with Gasteiger partial charge in [-0.1, -0.05) is 12.1 Å². The van der Waals surface area contributed by atoms with E-state index in [4.69, 9.17) is 14.9 Å². The van der Waals surface area contributed by atoms with Gasteiger partial charge in [-0.15, -0.1) is 0 Å². The summed E-state index contributed by atoms with van der Waals surface area (Å²) in [5.74, 6) is -4.14. The molecule has 0 aliphatic carbocycles. The first kappa shape index (κ1) is 18.7. The van der Waals surface area contributed by atoms with E-state index in [-0.39, 0.29) is 0 Å². The van der Waals surface area contributed by atoms with Gasteiger partial charge in [0.2, 0.25) is 0 Å². The lowest BCUT2D eigenvalue weighted by atomic mass is 9.92. The van der Waals surface area contributed by atoms with Crippen LogP contribution >= 0.6 is 0 Å². The van der Waals surface area contributed by atoms with Crippen LogP contribution < -0.4 is 5.32 Å². The summed E-state index contributed by atoms with van der Waals surface area (Å²) in [6.07, 6.45) is 1.77. The van der Waals surface area contributed by atoms with E-state index in [2.05, 4.69) is 5.32 Å². The summed E-state index contributed by atoms with van der Waals surface area (Å²) in [7, 11) is 1.53. The third-order valence-corrected chi connectivity index (χ3v) is 3.32. The Bertz CT molecular complexity index is 582. The normalized spacial score (nSPS) is 20.1. The molecule has 1 saturated heterocycles. The predicted octanol–water partition coefficient (Wildman–Crippen LogP) is 1.51. The van der Waals surface area contributed by atoms with Crippen molar-refractivity contribution in [3.8, 4) is 0 Å². The van der Waals surface area contributed by atoms with E-state index in [0.717, 1.165) is 12.6 Å². The highest BCUT2D eigenvalue weighted by Gasteiger charge is 2.38. The number of hydrogen-bond donors (Lipinski definition) is 3. The van der Waals surface area contributed by atoms with E-state index in [1.165, 1.54) is 13.2 Å². The van der Waals surface area contributed by atoms with Crippen LogP contribution in [0.4, 0.5) is 8.78 Å². The van der Waals surface area contributed by atoms with Gasteiger partial charge < -0.3 is 20.3 Å². The van der Waals surface area contributed by atoms with Gasteiger partial charge in [-0.05, 0) is 19.0 Å². The summed E-state index contributed by atoms with van der Waals surface area (Å²) in [6, 6.07) is 4.20. The summed E-state index contributed by atoms with van der Waals surface area (Å²) in [5.41, 5.74) is -0.415. The molecule has 8 heteroatoms. The first-order chi connectivity index (χ1) is 10.8. The Morgan fingerprint density at radius 1 is 1.26 bits per heavy atom. The van der Waals surface area contributed by atoms with Crippen molar-refractivity contribution >= 4 is 11.9 Å². The van der Waals surface area contributed by atoms with Gasteiger partial charge in [-0.25, -0.2) is 18.4 Å². The average Bonchev–Trinajstić information content (AvgIpc) is 2.98. The van der Waals surface area contributed by atoms with Crippen LogP contribution in [0.5, 0.6) is 0 Å². The summed E-state index contributed by atoms with van der Waals surface area (Å²) in [5, 5.41) is 18.7. The first-order valence-electron chi connectivity index (χ1n) is 6.66. The van der Waals surface area contributed by atoms with Gasteiger partial charge in [0.25, 0.3) is 0 Å². The van der Waals surface area contributed by atoms with Crippen molar-refractivity contribution in [2.45, 2.75) is 12.0 Å². The minimum absolute atomic E-state index is 0.301. The quantitative estimate of drug-likeness (QED) is 0.725. The second-order valence-corrected chi connectivity index (χ2v) is 4.74. The van der Waals surface area contributed by atoms with E-state index in [1.807, 2.05) is 0 Å². The van der Waals surface area contributed by atoms with E-state index in [0.29, 0.717) is 30.7 Å². The highest BCUT2D eigenvalue weighted by Crippen LogP contribution is 2.33. The molecule has 1 fully saturated rings. The lowest BCUT2D eigenvalue weighted by molar-refractivity contribution is -0.134. The molecule has 1 aromatic rings. The first-order valence-corrected chi connectivity index (χ1v) is 6.66. The molecule has 1 unspecified atom stereocenters. The molecule has 2 rings (SSSR count). The number of hydrogen-bond acceptors (Lipinski definition) is 4. The summed E-state index contributed by atoms with van der Waals surface area (Å²) >= 11 is 0. The monoisotopic (exact) mass is 329 g/mol. The van der Waals surface area contributed by atoms with E-state index in [9.17, 15) is 18.4 Å². The number of halogens is 2. The third kappa shape index (κ3) is 5.11. The molecule has 6 nitrogen and oxygen atoms in total. The van der Waals surface area contributed by atoms with Gasteiger partial charge in [0, 0.05) is 31.4 Å². The maximum absolute atomic E-state index is 13.6. The second kappa shape index (κ2) is 8.35. The van der Waals surface area contributed by atoms with Crippen molar-refractivity contribution in [3.05, 3.63) is 47.5 Å². The Morgan fingerprint density at radius 2 is 1.87 bits per heavy atom. The van der Waals surface area contributed by atoms with Crippen LogP contribution in [0.3, 0.4) is 0 Å². The number of carbonyl (C=O) groups is 2. The fourth-order valence-corrected chi connectivity index (χ4v) is 2.18. The fraction of sp³-hybridized carbons (Fsp3) is 0.333. The number of nitrogens with one attached hydrogen (secondary N) is 1. The molecule has 23 heavy (non-hydrogen) atoms. The zero-order valence-corrected chi connectivity index (χ0v) is 12.4. The van der Waals surface area contributed by atoms with E-state index in [1.54, 1.807) is 6.07 Å². The molecular formula is C15H17F2NO5. The van der Waals surface area contributed by atoms with Crippen molar-refractivity contribution < 1.29 is 33.3 Å². The van der Waals surface area contributed by atoms with Crippen LogP contribution in [0.25, 0.3) is 0 Å². The largest absolute Gasteiger partial charge is 0.478 e. The molecule has 0 saturated carbocycles. The molecule has 0 radical (unpaired) electrons. The molecule has 1 aliphatic rings. The van der Waals surface area contributed by atoms with E-state index >= 15 is 0 Å². The van der Waals surface area contributed by atoms with Gasteiger partial charge in [-0.2, -0.15) is 0 Å². The maximum atomic E-state index is 13.6. The van der Waals surface area contributed by atoms with Gasteiger partial charge in [0.1, 0.15) is 5.60 Å². The zero-order valence-electron chi connectivity index (χ0n) is 12.4. The molecule has 0 bridgehead atoms. The van der Waals surface area contributed by atoms with Gasteiger partial charge in [0.15, 0.2) is 11.6 Å². The van der Waals surface area contributed by atoms with Crippen molar-refractivity contribution in [1.82, 2.24) is 5.32 Å². The molecule has 126 valence electrons. The molecule has 1 aliphatic heterocycles. The fourth-order valence-electron chi connectivity index (χ4n) is 2.18. The molecule has 1 heterocycles. The molecule has 0 amide bonds. The maximum Gasteiger partial charge on any atom is 0.328 e. The summed E-state index contributed by atoms with van der Waals surface area (Å²) < 4.78 is 32.0.